The molecule has 1 aliphatic rings. The van der Waals surface area contributed by atoms with E-state index < -0.39 is 6.04 Å². The first-order valence-corrected chi connectivity index (χ1v) is 14.7. The molecular formula is C28H24BrCl2N9O2. The molecule has 2 bridgehead atoms. The molecule has 214 valence electrons. The number of nitrogens with one attached hydrogen (secondary N) is 1. The van der Waals surface area contributed by atoms with Gasteiger partial charge in [0.05, 0.1) is 53.2 Å². The zero-order chi connectivity index (χ0) is 29.5. The lowest BCUT2D eigenvalue weighted by Crippen LogP contribution is -2.28. The number of fused-ring (bicyclic) bond motifs is 4. The van der Waals surface area contributed by atoms with Gasteiger partial charge in [0.15, 0.2) is 5.15 Å². The summed E-state index contributed by atoms with van der Waals surface area (Å²) in [6.07, 6.45) is 8.31. The maximum atomic E-state index is 14.0. The Kier molecular flexibility index (Phi) is 7.69. The van der Waals surface area contributed by atoms with Crippen LogP contribution in [0.3, 0.4) is 0 Å². The SMILES string of the molecule is C[C@@H]1CCC[C@H](n2cnc(-c3cc(Cl)ccc3-n3cc(Cl)nn3)c(Br)c2=O)c2cc(ccn2)-c2c(cnn2C)NC1=O. The number of aromatic nitrogens is 8. The van der Waals surface area contributed by atoms with Crippen LogP contribution in [0, 0.1) is 5.92 Å². The number of carbonyl (C=O) groups excluding carboxylic acids is 1. The third-order valence-corrected chi connectivity index (χ3v) is 8.48. The molecule has 1 N–H and O–H groups in total. The first-order chi connectivity index (χ1) is 20.2. The monoisotopic (exact) mass is 667 g/mol. The molecule has 1 amide bonds. The molecule has 0 spiro atoms. The van der Waals surface area contributed by atoms with Crippen LogP contribution in [-0.2, 0) is 11.8 Å². The Morgan fingerprint density at radius 1 is 1.10 bits per heavy atom. The number of benzene rings is 1. The average molecular weight is 669 g/mol. The van der Waals surface area contributed by atoms with E-state index in [1.807, 2.05) is 26.1 Å². The molecule has 11 nitrogen and oxygen atoms in total. The van der Waals surface area contributed by atoms with Crippen molar-refractivity contribution in [3.8, 4) is 28.2 Å². The number of rotatable bonds is 3. The standard InChI is InChI=1S/C28H24BrCl2N9O2/c1-15-4-3-5-22(19-10-16(8-9-32-19)26-20(35-27(15)41)12-34-38(26)2)39-14-33-25(24(29)28(39)42)18-11-17(30)6-7-21(18)40-13-23(31)36-37-40/h6-15,22H,3-5H2,1-2H3,(H,35,41)/t15-,22+/m1/s1. The van der Waals surface area contributed by atoms with Crippen molar-refractivity contribution < 1.29 is 4.79 Å². The van der Waals surface area contributed by atoms with Gasteiger partial charge in [0, 0.05) is 35.3 Å². The van der Waals surface area contributed by atoms with E-state index >= 15 is 0 Å². The Hall–Kier alpha value is -3.87. The second-order valence-corrected chi connectivity index (χ2v) is 11.7. The maximum absolute atomic E-state index is 14.0. The topological polar surface area (TPSA) is 125 Å². The van der Waals surface area contributed by atoms with Crippen LogP contribution in [0.25, 0.3) is 28.2 Å². The van der Waals surface area contributed by atoms with Gasteiger partial charge in [0.25, 0.3) is 5.56 Å². The van der Waals surface area contributed by atoms with E-state index in [1.165, 1.54) is 11.0 Å². The average Bonchev–Trinajstić information content (AvgIpc) is 3.57. The van der Waals surface area contributed by atoms with E-state index in [-0.39, 0.29) is 27.0 Å². The molecule has 5 aromatic rings. The highest BCUT2D eigenvalue weighted by atomic mass is 79.9. The molecule has 1 aliphatic heterocycles. The number of anilines is 1. The van der Waals surface area contributed by atoms with Crippen LogP contribution in [0.4, 0.5) is 5.69 Å². The summed E-state index contributed by atoms with van der Waals surface area (Å²) in [4.78, 5) is 36.3. The molecule has 6 rings (SSSR count). The summed E-state index contributed by atoms with van der Waals surface area (Å²) in [6.45, 7) is 1.90. The fraction of sp³-hybridized carbons (Fsp3) is 0.250. The van der Waals surface area contributed by atoms with Gasteiger partial charge in [0.2, 0.25) is 5.91 Å². The molecule has 5 heterocycles. The minimum absolute atomic E-state index is 0.0763. The molecule has 0 saturated heterocycles. The van der Waals surface area contributed by atoms with Crippen molar-refractivity contribution in [3.63, 3.8) is 0 Å². The number of hydrogen-bond acceptors (Lipinski definition) is 7. The van der Waals surface area contributed by atoms with Gasteiger partial charge in [-0.15, -0.1) is 5.10 Å². The molecule has 4 aromatic heterocycles. The van der Waals surface area contributed by atoms with Crippen molar-refractivity contribution in [3.05, 3.63) is 85.9 Å². The van der Waals surface area contributed by atoms with Crippen LogP contribution in [0.1, 0.15) is 37.9 Å². The second-order valence-electron chi connectivity index (χ2n) is 10.1. The van der Waals surface area contributed by atoms with Gasteiger partial charge in [-0.25, -0.2) is 9.67 Å². The van der Waals surface area contributed by atoms with Gasteiger partial charge in [-0.2, -0.15) is 5.10 Å². The fourth-order valence-corrected chi connectivity index (χ4v) is 6.01. The van der Waals surface area contributed by atoms with Gasteiger partial charge < -0.3 is 5.32 Å². The van der Waals surface area contributed by atoms with Gasteiger partial charge >= 0.3 is 0 Å². The Morgan fingerprint density at radius 2 is 1.93 bits per heavy atom. The number of aryl methyl sites for hydroxylation is 1. The zero-order valence-electron chi connectivity index (χ0n) is 22.5. The number of pyridine rings is 1. The Labute approximate surface area is 258 Å². The van der Waals surface area contributed by atoms with Gasteiger partial charge in [-0.3, -0.25) is 23.8 Å². The highest BCUT2D eigenvalue weighted by Gasteiger charge is 2.25. The van der Waals surface area contributed by atoms with E-state index in [4.69, 9.17) is 28.2 Å². The second kappa shape index (κ2) is 11.4. The van der Waals surface area contributed by atoms with Crippen molar-refractivity contribution in [2.45, 2.75) is 32.2 Å². The quantitative estimate of drug-likeness (QED) is 0.261. The number of carbonyl (C=O) groups is 1. The Balaban J connectivity index is 1.47. The van der Waals surface area contributed by atoms with Crippen LogP contribution < -0.4 is 10.9 Å². The normalized spacial score (nSPS) is 17.2. The van der Waals surface area contributed by atoms with Crippen molar-refractivity contribution >= 4 is 50.7 Å². The summed E-state index contributed by atoms with van der Waals surface area (Å²) in [5, 5.41) is 16.0. The van der Waals surface area contributed by atoms with Crippen LogP contribution in [-0.4, -0.2) is 45.2 Å². The van der Waals surface area contributed by atoms with E-state index in [2.05, 4.69) is 41.6 Å². The van der Waals surface area contributed by atoms with E-state index in [0.29, 0.717) is 52.6 Å². The summed E-state index contributed by atoms with van der Waals surface area (Å²) >= 11 is 15.9. The zero-order valence-corrected chi connectivity index (χ0v) is 25.6. The predicted molar refractivity (Wildman–Crippen MR) is 163 cm³/mol. The largest absolute Gasteiger partial charge is 0.323 e. The molecule has 0 fully saturated rings. The molecule has 0 saturated carbocycles. The molecule has 0 aliphatic carbocycles. The minimum atomic E-state index is -0.436. The molecule has 0 radical (unpaired) electrons. The van der Waals surface area contributed by atoms with Crippen molar-refractivity contribution in [1.82, 2.24) is 39.3 Å². The van der Waals surface area contributed by atoms with Crippen LogP contribution >= 0.6 is 39.1 Å². The van der Waals surface area contributed by atoms with Crippen LogP contribution in [0.15, 0.2) is 64.5 Å². The third kappa shape index (κ3) is 5.25. The van der Waals surface area contributed by atoms with Crippen LogP contribution in [0.2, 0.25) is 10.2 Å². The minimum Gasteiger partial charge on any atom is -0.323 e. The maximum Gasteiger partial charge on any atom is 0.268 e. The fourth-order valence-electron chi connectivity index (χ4n) is 5.20. The summed E-state index contributed by atoms with van der Waals surface area (Å²) in [5.74, 6) is -0.312. The number of amides is 1. The lowest BCUT2D eigenvalue weighted by Gasteiger charge is -2.23. The van der Waals surface area contributed by atoms with Crippen molar-refractivity contribution in [1.29, 1.82) is 0 Å². The number of hydrogen-bond donors (Lipinski definition) is 1. The van der Waals surface area contributed by atoms with Gasteiger partial charge in [-0.05, 0) is 59.1 Å². The van der Waals surface area contributed by atoms with E-state index in [1.54, 1.807) is 46.0 Å². The number of nitrogens with zero attached hydrogens (tertiary/aromatic N) is 8. The van der Waals surface area contributed by atoms with Crippen molar-refractivity contribution in [2.24, 2.45) is 13.0 Å². The third-order valence-electron chi connectivity index (χ3n) is 7.36. The van der Waals surface area contributed by atoms with Gasteiger partial charge in [-0.1, -0.05) is 41.8 Å². The van der Waals surface area contributed by atoms with Gasteiger partial charge in [0.1, 0.15) is 4.47 Å². The highest BCUT2D eigenvalue weighted by molar-refractivity contribution is 9.10. The number of halogens is 3. The first-order valence-electron chi connectivity index (χ1n) is 13.1. The van der Waals surface area contributed by atoms with Crippen LogP contribution in [0.5, 0.6) is 0 Å². The summed E-state index contributed by atoms with van der Waals surface area (Å²) in [5.41, 5.74) is 4.16. The predicted octanol–water partition coefficient (Wildman–Crippen LogP) is 5.70. The molecule has 2 atom stereocenters. The van der Waals surface area contributed by atoms with E-state index in [0.717, 1.165) is 11.3 Å². The van der Waals surface area contributed by atoms with E-state index in [9.17, 15) is 9.59 Å². The molecular weight excluding hydrogens is 645 g/mol. The Bertz CT molecular complexity index is 1880. The summed E-state index contributed by atoms with van der Waals surface area (Å²) in [6, 6.07) is 8.54. The van der Waals surface area contributed by atoms with Crippen molar-refractivity contribution in [2.75, 3.05) is 5.32 Å². The first kappa shape index (κ1) is 28.3. The summed E-state index contributed by atoms with van der Waals surface area (Å²) in [7, 11) is 1.82. The molecule has 42 heavy (non-hydrogen) atoms. The molecule has 1 aromatic carbocycles. The summed E-state index contributed by atoms with van der Waals surface area (Å²) < 4.78 is 5.05. The highest BCUT2D eigenvalue weighted by Crippen LogP contribution is 2.35. The lowest BCUT2D eigenvalue weighted by molar-refractivity contribution is -0.119. The smallest absolute Gasteiger partial charge is 0.268 e. The lowest BCUT2D eigenvalue weighted by atomic mass is 9.97. The molecule has 14 heteroatoms. The Morgan fingerprint density at radius 3 is 2.71 bits per heavy atom. The molecule has 0 unspecified atom stereocenters.